The van der Waals surface area contributed by atoms with E-state index in [-0.39, 0.29) is 18.1 Å². The molecule has 102 valence electrons. The van der Waals surface area contributed by atoms with E-state index >= 15 is 0 Å². The number of likely N-dealkylation sites (N-methyl/N-ethyl adjacent to an activating group) is 1. The predicted molar refractivity (Wildman–Crippen MR) is 72.8 cm³/mol. The monoisotopic (exact) mass is 271 g/mol. The van der Waals surface area contributed by atoms with Gasteiger partial charge in [-0.05, 0) is 0 Å². The van der Waals surface area contributed by atoms with E-state index in [1.54, 1.807) is 18.4 Å². The first kappa shape index (κ1) is 14.9. The molecule has 18 heavy (non-hydrogen) atoms. The minimum absolute atomic E-state index is 0.0329. The molecular weight excluding hydrogens is 250 g/mol. The molecule has 0 atom stereocenters. The summed E-state index contributed by atoms with van der Waals surface area (Å²) in [5, 5.41) is 14.5. The van der Waals surface area contributed by atoms with Gasteiger partial charge >= 0.3 is 6.03 Å². The average Bonchev–Trinajstić information content (AvgIpc) is 2.74. The van der Waals surface area contributed by atoms with Gasteiger partial charge in [0, 0.05) is 24.4 Å². The van der Waals surface area contributed by atoms with Crippen LogP contribution in [0.4, 0.5) is 4.79 Å². The summed E-state index contributed by atoms with van der Waals surface area (Å²) >= 11 is 1.61. The van der Waals surface area contributed by atoms with E-state index in [0.29, 0.717) is 13.1 Å². The SMILES string of the molecule is CN(CCO)C(=O)NCc1csc(C(C)(C)C)n1. The van der Waals surface area contributed by atoms with E-state index in [2.05, 4.69) is 31.1 Å². The summed E-state index contributed by atoms with van der Waals surface area (Å²) in [7, 11) is 1.65. The van der Waals surface area contributed by atoms with Crippen LogP contribution in [-0.4, -0.2) is 41.2 Å². The highest BCUT2D eigenvalue weighted by Crippen LogP contribution is 2.25. The molecule has 0 radical (unpaired) electrons. The van der Waals surface area contributed by atoms with E-state index in [4.69, 9.17) is 5.11 Å². The highest BCUT2D eigenvalue weighted by molar-refractivity contribution is 7.09. The molecule has 0 bridgehead atoms. The van der Waals surface area contributed by atoms with Crippen molar-refractivity contribution in [3.63, 3.8) is 0 Å². The molecule has 2 amide bonds. The van der Waals surface area contributed by atoms with Crippen LogP contribution in [0.1, 0.15) is 31.5 Å². The number of nitrogens with one attached hydrogen (secondary N) is 1. The second-order valence-corrected chi connectivity index (χ2v) is 6.06. The molecule has 2 N–H and O–H groups in total. The Morgan fingerprint density at radius 1 is 1.56 bits per heavy atom. The number of aromatic nitrogens is 1. The second kappa shape index (κ2) is 6.15. The fourth-order valence-electron chi connectivity index (χ4n) is 1.29. The Bertz CT molecular complexity index is 398. The topological polar surface area (TPSA) is 65.5 Å². The summed E-state index contributed by atoms with van der Waals surface area (Å²) in [5.41, 5.74) is 0.913. The molecule has 1 aromatic heterocycles. The number of urea groups is 1. The quantitative estimate of drug-likeness (QED) is 0.873. The van der Waals surface area contributed by atoms with Gasteiger partial charge in [0.25, 0.3) is 0 Å². The molecule has 1 rings (SSSR count). The molecule has 0 aromatic carbocycles. The Morgan fingerprint density at radius 2 is 2.22 bits per heavy atom. The number of carbonyl (C=O) groups is 1. The van der Waals surface area contributed by atoms with Crippen molar-refractivity contribution in [2.24, 2.45) is 0 Å². The van der Waals surface area contributed by atoms with Crippen LogP contribution in [0.2, 0.25) is 0 Å². The lowest BCUT2D eigenvalue weighted by Gasteiger charge is -2.16. The van der Waals surface area contributed by atoms with Crippen molar-refractivity contribution in [3.05, 3.63) is 16.1 Å². The van der Waals surface area contributed by atoms with Gasteiger partial charge in [0.05, 0.1) is 23.9 Å². The molecule has 6 heteroatoms. The maximum Gasteiger partial charge on any atom is 0.317 e. The fraction of sp³-hybridized carbons (Fsp3) is 0.667. The Hall–Kier alpha value is -1.14. The first-order valence-corrected chi connectivity index (χ1v) is 6.77. The van der Waals surface area contributed by atoms with Crippen LogP contribution in [0.15, 0.2) is 5.38 Å². The number of thiazole rings is 1. The molecule has 0 aliphatic rings. The third-order valence-corrected chi connectivity index (χ3v) is 3.71. The van der Waals surface area contributed by atoms with Crippen LogP contribution in [0.25, 0.3) is 0 Å². The molecule has 1 aromatic rings. The van der Waals surface area contributed by atoms with Crippen molar-refractivity contribution in [3.8, 4) is 0 Å². The fourth-order valence-corrected chi connectivity index (χ4v) is 2.19. The van der Waals surface area contributed by atoms with E-state index in [1.165, 1.54) is 4.90 Å². The van der Waals surface area contributed by atoms with Gasteiger partial charge in [0.2, 0.25) is 0 Å². The molecular formula is C12H21N3O2S. The van der Waals surface area contributed by atoms with Gasteiger partial charge in [0.15, 0.2) is 0 Å². The normalized spacial score (nSPS) is 11.4. The highest BCUT2D eigenvalue weighted by atomic mass is 32.1. The number of amides is 2. The standard InChI is InChI=1S/C12H21N3O2S/c1-12(2,3)10-14-9(8-18-10)7-13-11(17)15(4)5-6-16/h8,16H,5-7H2,1-4H3,(H,13,17). The summed E-state index contributed by atoms with van der Waals surface area (Å²) in [6, 6.07) is -0.200. The molecule has 0 spiro atoms. The van der Waals surface area contributed by atoms with Gasteiger partial charge < -0.3 is 15.3 Å². The molecule has 1 heterocycles. The van der Waals surface area contributed by atoms with Crippen molar-refractivity contribution in [1.29, 1.82) is 0 Å². The molecule has 0 unspecified atom stereocenters. The van der Waals surface area contributed by atoms with Crippen molar-refractivity contribution in [1.82, 2.24) is 15.2 Å². The summed E-state index contributed by atoms with van der Waals surface area (Å²) in [6.07, 6.45) is 0. The highest BCUT2D eigenvalue weighted by Gasteiger charge is 2.18. The van der Waals surface area contributed by atoms with Crippen molar-refractivity contribution < 1.29 is 9.90 Å². The van der Waals surface area contributed by atoms with E-state index in [1.807, 2.05) is 5.38 Å². The Kier molecular flexibility index (Phi) is 5.10. The van der Waals surface area contributed by atoms with Crippen LogP contribution in [0.5, 0.6) is 0 Å². The summed E-state index contributed by atoms with van der Waals surface area (Å²) < 4.78 is 0. The first-order chi connectivity index (χ1) is 8.34. The van der Waals surface area contributed by atoms with E-state index < -0.39 is 0 Å². The number of nitrogens with zero attached hydrogens (tertiary/aromatic N) is 2. The molecule has 0 fully saturated rings. The molecule has 0 saturated carbocycles. The van der Waals surface area contributed by atoms with E-state index in [9.17, 15) is 4.79 Å². The minimum Gasteiger partial charge on any atom is -0.395 e. The number of hydrogen-bond donors (Lipinski definition) is 2. The summed E-state index contributed by atoms with van der Waals surface area (Å²) in [4.78, 5) is 17.5. The number of carbonyl (C=O) groups excluding carboxylic acids is 1. The third-order valence-electron chi connectivity index (χ3n) is 2.40. The van der Waals surface area contributed by atoms with Crippen molar-refractivity contribution in [2.75, 3.05) is 20.2 Å². The van der Waals surface area contributed by atoms with Crippen LogP contribution in [0.3, 0.4) is 0 Å². The lowest BCUT2D eigenvalue weighted by atomic mass is 9.98. The largest absolute Gasteiger partial charge is 0.395 e. The summed E-state index contributed by atoms with van der Waals surface area (Å²) in [5.74, 6) is 0. The molecule has 0 saturated heterocycles. The third kappa shape index (κ3) is 4.27. The number of aliphatic hydroxyl groups is 1. The van der Waals surface area contributed by atoms with Gasteiger partial charge in [-0.2, -0.15) is 0 Å². The average molecular weight is 271 g/mol. The van der Waals surface area contributed by atoms with E-state index in [0.717, 1.165) is 10.7 Å². The zero-order valence-corrected chi connectivity index (χ0v) is 12.2. The Balaban J connectivity index is 2.49. The van der Waals surface area contributed by atoms with Crippen LogP contribution in [-0.2, 0) is 12.0 Å². The van der Waals surface area contributed by atoms with Gasteiger partial charge in [-0.1, -0.05) is 20.8 Å². The lowest BCUT2D eigenvalue weighted by molar-refractivity contribution is 0.190. The smallest absolute Gasteiger partial charge is 0.317 e. The second-order valence-electron chi connectivity index (χ2n) is 5.20. The number of rotatable bonds is 4. The zero-order chi connectivity index (χ0) is 13.8. The predicted octanol–water partition coefficient (Wildman–Crippen LogP) is 1.57. The number of aliphatic hydroxyl groups excluding tert-OH is 1. The molecule has 0 aliphatic carbocycles. The molecule has 0 aliphatic heterocycles. The summed E-state index contributed by atoms with van der Waals surface area (Å²) in [6.45, 7) is 7.06. The number of hydrogen-bond acceptors (Lipinski definition) is 4. The maximum atomic E-state index is 11.6. The van der Waals surface area contributed by atoms with Crippen molar-refractivity contribution >= 4 is 17.4 Å². The minimum atomic E-state index is -0.200. The molecule has 5 nitrogen and oxygen atoms in total. The Morgan fingerprint density at radius 3 is 2.72 bits per heavy atom. The van der Waals surface area contributed by atoms with Crippen molar-refractivity contribution in [2.45, 2.75) is 32.7 Å². The van der Waals surface area contributed by atoms with Gasteiger partial charge in [-0.15, -0.1) is 11.3 Å². The zero-order valence-electron chi connectivity index (χ0n) is 11.4. The van der Waals surface area contributed by atoms with Crippen LogP contribution < -0.4 is 5.32 Å². The van der Waals surface area contributed by atoms with Gasteiger partial charge in [-0.3, -0.25) is 0 Å². The lowest BCUT2D eigenvalue weighted by Crippen LogP contribution is -2.38. The van der Waals surface area contributed by atoms with Gasteiger partial charge in [-0.25, -0.2) is 9.78 Å². The Labute approximate surface area is 112 Å². The first-order valence-electron chi connectivity index (χ1n) is 5.89. The maximum absolute atomic E-state index is 11.6. The van der Waals surface area contributed by atoms with Gasteiger partial charge in [0.1, 0.15) is 0 Å². The van der Waals surface area contributed by atoms with Crippen LogP contribution >= 0.6 is 11.3 Å². The van der Waals surface area contributed by atoms with Crippen LogP contribution in [0, 0.1) is 0 Å².